The molecule has 2 amide bonds. The van der Waals surface area contributed by atoms with Gasteiger partial charge in [-0.3, -0.25) is 19.0 Å². The Morgan fingerprint density at radius 3 is 2.42 bits per heavy atom. The van der Waals surface area contributed by atoms with Crippen LogP contribution in [0.15, 0.2) is 78.0 Å². The van der Waals surface area contributed by atoms with Crippen LogP contribution >= 0.6 is 0 Å². The Morgan fingerprint density at radius 2 is 1.72 bits per heavy atom. The van der Waals surface area contributed by atoms with Crippen molar-refractivity contribution in [1.29, 1.82) is 0 Å². The Hall–Kier alpha value is -4.28. The fourth-order valence-electron chi connectivity index (χ4n) is 6.58. The third kappa shape index (κ3) is 5.72. The molecule has 43 heavy (non-hydrogen) atoms. The molecule has 0 spiro atoms. The van der Waals surface area contributed by atoms with E-state index < -0.39 is 5.60 Å². The lowest BCUT2D eigenvalue weighted by Gasteiger charge is -2.43. The number of aliphatic hydroxyl groups is 1. The van der Waals surface area contributed by atoms with Crippen LogP contribution in [0, 0.1) is 5.92 Å². The molecule has 2 aliphatic heterocycles. The first kappa shape index (κ1) is 28.8. The maximum absolute atomic E-state index is 14.0. The number of likely N-dealkylation sites (tertiary alicyclic amines) is 2. The Labute approximate surface area is 250 Å². The second kappa shape index (κ2) is 11.8. The van der Waals surface area contributed by atoms with Crippen LogP contribution in [0.4, 0.5) is 0 Å². The molecular formula is C33H38N6O4. The van der Waals surface area contributed by atoms with E-state index in [-0.39, 0.29) is 35.8 Å². The van der Waals surface area contributed by atoms with Crippen molar-refractivity contribution in [1.82, 2.24) is 23.9 Å². The lowest BCUT2D eigenvalue weighted by molar-refractivity contribution is -0.142. The van der Waals surface area contributed by atoms with Gasteiger partial charge in [0.15, 0.2) is 0 Å². The summed E-state index contributed by atoms with van der Waals surface area (Å²) < 4.78 is 3.27. The quantitative estimate of drug-likeness (QED) is 0.360. The summed E-state index contributed by atoms with van der Waals surface area (Å²) in [5.74, 6) is -0.404. The molecule has 2 fully saturated rings. The minimum absolute atomic E-state index is 0.0446. The van der Waals surface area contributed by atoms with Crippen molar-refractivity contribution in [3.63, 3.8) is 0 Å². The molecule has 2 unspecified atom stereocenters. The van der Waals surface area contributed by atoms with Gasteiger partial charge in [-0.05, 0) is 48.6 Å². The van der Waals surface area contributed by atoms with Gasteiger partial charge in [-0.2, -0.15) is 0 Å². The minimum Gasteiger partial charge on any atom is -0.388 e. The number of carbonyl (C=O) groups excluding carboxylic acids is 2. The van der Waals surface area contributed by atoms with Gasteiger partial charge in [0.1, 0.15) is 12.0 Å². The van der Waals surface area contributed by atoms with Crippen LogP contribution in [-0.4, -0.2) is 72.6 Å². The molecule has 4 heterocycles. The first-order valence-electron chi connectivity index (χ1n) is 14.9. The zero-order chi connectivity index (χ0) is 30.1. The van der Waals surface area contributed by atoms with Crippen molar-refractivity contribution in [2.24, 2.45) is 18.7 Å². The van der Waals surface area contributed by atoms with Gasteiger partial charge in [0.2, 0.25) is 5.91 Å². The van der Waals surface area contributed by atoms with Gasteiger partial charge in [0.05, 0.1) is 17.5 Å². The zero-order valence-corrected chi connectivity index (χ0v) is 24.4. The van der Waals surface area contributed by atoms with Crippen molar-refractivity contribution in [2.45, 2.75) is 43.9 Å². The van der Waals surface area contributed by atoms with Crippen LogP contribution in [0.25, 0.3) is 11.0 Å². The van der Waals surface area contributed by atoms with Crippen molar-refractivity contribution >= 4 is 22.8 Å². The summed E-state index contributed by atoms with van der Waals surface area (Å²) in [4.78, 5) is 48.5. The predicted molar refractivity (Wildman–Crippen MR) is 163 cm³/mol. The van der Waals surface area contributed by atoms with E-state index in [0.717, 1.165) is 11.1 Å². The van der Waals surface area contributed by atoms with Crippen molar-refractivity contribution in [3.8, 4) is 0 Å². The van der Waals surface area contributed by atoms with Crippen LogP contribution in [0.5, 0.6) is 0 Å². The number of piperidine rings is 2. The van der Waals surface area contributed by atoms with Crippen LogP contribution in [-0.2, 0) is 24.9 Å². The lowest BCUT2D eigenvalue weighted by atomic mass is 9.79. The number of aryl methyl sites for hydroxylation is 1. The Bertz CT molecular complexity index is 1670. The fourth-order valence-corrected chi connectivity index (χ4v) is 6.58. The van der Waals surface area contributed by atoms with E-state index in [4.69, 9.17) is 5.73 Å². The highest BCUT2D eigenvalue weighted by molar-refractivity contribution is 5.94. The molecule has 10 heteroatoms. The molecule has 0 radical (unpaired) electrons. The maximum atomic E-state index is 14.0. The Kier molecular flexibility index (Phi) is 7.89. The highest BCUT2D eigenvalue weighted by atomic mass is 16.3. The average Bonchev–Trinajstić information content (AvgIpc) is 3.43. The van der Waals surface area contributed by atoms with Crippen LogP contribution < -0.4 is 11.3 Å². The first-order chi connectivity index (χ1) is 20.8. The van der Waals surface area contributed by atoms with E-state index in [1.54, 1.807) is 16.8 Å². The molecule has 2 aliphatic rings. The summed E-state index contributed by atoms with van der Waals surface area (Å²) in [5, 5.41) is 11.9. The van der Waals surface area contributed by atoms with Crippen molar-refractivity contribution in [2.75, 3.05) is 26.2 Å². The maximum Gasteiger partial charge on any atom is 0.262 e. The second-order valence-electron chi connectivity index (χ2n) is 12.0. The van der Waals surface area contributed by atoms with Crippen LogP contribution in [0.3, 0.4) is 0 Å². The smallest absolute Gasteiger partial charge is 0.262 e. The third-order valence-corrected chi connectivity index (χ3v) is 9.20. The van der Waals surface area contributed by atoms with Crippen LogP contribution in [0.1, 0.15) is 46.7 Å². The fraction of sp³-hybridized carbons (Fsp3) is 0.394. The van der Waals surface area contributed by atoms with E-state index in [1.807, 2.05) is 71.4 Å². The van der Waals surface area contributed by atoms with E-state index in [2.05, 4.69) is 4.98 Å². The number of fused-ring (bicyclic) bond motifs is 1. The molecule has 0 bridgehead atoms. The number of nitrogens with two attached hydrogens (primary N) is 1. The lowest BCUT2D eigenvalue weighted by Crippen LogP contribution is -2.53. The van der Waals surface area contributed by atoms with Gasteiger partial charge < -0.3 is 25.2 Å². The third-order valence-electron chi connectivity index (χ3n) is 9.20. The van der Waals surface area contributed by atoms with Gasteiger partial charge in [0.25, 0.3) is 11.5 Å². The van der Waals surface area contributed by atoms with Gasteiger partial charge >= 0.3 is 0 Å². The predicted octanol–water partition coefficient (Wildman–Crippen LogP) is 2.49. The normalized spacial score (nSPS) is 20.3. The molecule has 10 nitrogen and oxygen atoms in total. The Balaban J connectivity index is 1.15. The van der Waals surface area contributed by atoms with Crippen molar-refractivity contribution in [3.05, 3.63) is 100 Å². The molecule has 2 atom stereocenters. The van der Waals surface area contributed by atoms with E-state index in [1.165, 1.54) is 10.9 Å². The second-order valence-corrected chi connectivity index (χ2v) is 12.0. The van der Waals surface area contributed by atoms with Gasteiger partial charge in [0, 0.05) is 63.4 Å². The molecular weight excluding hydrogens is 544 g/mol. The number of aromatic nitrogens is 3. The van der Waals surface area contributed by atoms with Gasteiger partial charge in [-0.1, -0.05) is 42.5 Å². The van der Waals surface area contributed by atoms with Gasteiger partial charge in [-0.15, -0.1) is 0 Å². The van der Waals surface area contributed by atoms with Gasteiger partial charge in [-0.25, -0.2) is 4.98 Å². The monoisotopic (exact) mass is 582 g/mol. The molecule has 3 N–H and O–H groups in total. The summed E-state index contributed by atoms with van der Waals surface area (Å²) in [6, 6.07) is 19.1. The van der Waals surface area contributed by atoms with Crippen LogP contribution in [0.2, 0.25) is 0 Å². The summed E-state index contributed by atoms with van der Waals surface area (Å²) >= 11 is 0. The van der Waals surface area contributed by atoms with Crippen molar-refractivity contribution < 1.29 is 14.7 Å². The summed E-state index contributed by atoms with van der Waals surface area (Å²) in [7, 11) is 1.84. The number of benzene rings is 2. The zero-order valence-electron chi connectivity index (χ0n) is 24.4. The summed E-state index contributed by atoms with van der Waals surface area (Å²) in [5.41, 5.74) is 7.66. The summed E-state index contributed by atoms with van der Waals surface area (Å²) in [6.45, 7) is 2.30. The molecule has 2 aromatic heterocycles. The van der Waals surface area contributed by atoms with E-state index >= 15 is 0 Å². The first-order valence-corrected chi connectivity index (χ1v) is 14.9. The van der Waals surface area contributed by atoms with E-state index in [0.29, 0.717) is 68.6 Å². The number of nitrogens with zero attached hydrogens (tertiary/aromatic N) is 5. The SMILES string of the molecule is Cn1ccc2c(=O)n(CC3(O)CCN(C(=O)C4CCN(C(=O)c5ccc(CN)cc5)CC4c4ccccc4)CC3)cnc21. The Morgan fingerprint density at radius 1 is 1.00 bits per heavy atom. The minimum atomic E-state index is -1.11. The molecule has 2 saturated heterocycles. The molecule has 6 rings (SSSR count). The molecule has 2 aromatic carbocycles. The topological polar surface area (TPSA) is 127 Å². The largest absolute Gasteiger partial charge is 0.388 e. The van der Waals surface area contributed by atoms with E-state index in [9.17, 15) is 19.5 Å². The summed E-state index contributed by atoms with van der Waals surface area (Å²) in [6.07, 6.45) is 4.58. The molecule has 0 saturated carbocycles. The number of carbonyl (C=O) groups is 2. The number of amides is 2. The standard InChI is InChI=1S/C33H38N6O4/c1-36-15-11-27-29(36)35-22-39(32(27)42)21-33(43)13-17-37(18-14-33)31(41)26-12-16-38(20-28(26)24-5-3-2-4-6-24)30(40)25-9-7-23(19-34)8-10-25/h2-11,15,22,26,28,43H,12-14,16-21,34H2,1H3. The number of hydrogen-bond donors (Lipinski definition) is 2. The highest BCUT2D eigenvalue weighted by Crippen LogP contribution is 2.36. The number of rotatable bonds is 6. The molecule has 0 aliphatic carbocycles. The average molecular weight is 583 g/mol. The number of hydrogen-bond acceptors (Lipinski definition) is 6. The highest BCUT2D eigenvalue weighted by Gasteiger charge is 2.41. The molecule has 4 aromatic rings. The molecule has 224 valence electrons.